The maximum absolute atomic E-state index is 5.88. The van der Waals surface area contributed by atoms with Crippen LogP contribution in [0.25, 0.3) is 11.4 Å². The van der Waals surface area contributed by atoms with Gasteiger partial charge in [0, 0.05) is 34.7 Å². The number of anilines is 1. The van der Waals surface area contributed by atoms with Gasteiger partial charge in [-0.2, -0.15) is 4.98 Å². The fraction of sp³-hybridized carbons (Fsp3) is 0.111. The van der Waals surface area contributed by atoms with E-state index in [1.807, 2.05) is 36.4 Å². The van der Waals surface area contributed by atoms with E-state index in [4.69, 9.17) is 16.1 Å². The van der Waals surface area contributed by atoms with Crippen molar-refractivity contribution in [1.82, 2.24) is 20.1 Å². The van der Waals surface area contributed by atoms with Crippen LogP contribution in [0, 0.1) is 0 Å². The largest absolute Gasteiger partial charge is 0.380 e. The maximum atomic E-state index is 5.88. The molecule has 0 aliphatic rings. The summed E-state index contributed by atoms with van der Waals surface area (Å²) in [6.07, 6.45) is 5.74. The molecule has 0 bridgehead atoms. The molecule has 0 radical (unpaired) electrons. The van der Waals surface area contributed by atoms with Gasteiger partial charge in [0.1, 0.15) is 0 Å². The van der Waals surface area contributed by atoms with Crippen molar-refractivity contribution in [1.29, 1.82) is 0 Å². The molecular formula is C18H14ClN5OS. The van der Waals surface area contributed by atoms with Crippen LogP contribution in [0.1, 0.15) is 16.3 Å². The van der Waals surface area contributed by atoms with Gasteiger partial charge in [-0.15, -0.1) is 11.3 Å². The molecule has 3 aromatic heterocycles. The maximum Gasteiger partial charge on any atom is 0.231 e. The molecule has 4 rings (SSSR count). The van der Waals surface area contributed by atoms with E-state index in [9.17, 15) is 0 Å². The smallest absolute Gasteiger partial charge is 0.231 e. The normalized spacial score (nSPS) is 10.8. The number of aromatic nitrogens is 4. The molecular weight excluding hydrogens is 370 g/mol. The predicted molar refractivity (Wildman–Crippen MR) is 101 cm³/mol. The highest BCUT2D eigenvalue weighted by atomic mass is 35.5. The van der Waals surface area contributed by atoms with E-state index < -0.39 is 0 Å². The quantitative estimate of drug-likeness (QED) is 0.530. The molecule has 6 nitrogen and oxygen atoms in total. The highest BCUT2D eigenvalue weighted by Crippen LogP contribution is 2.23. The van der Waals surface area contributed by atoms with Gasteiger partial charge in [-0.05, 0) is 23.8 Å². The van der Waals surface area contributed by atoms with Gasteiger partial charge in [-0.3, -0.25) is 4.98 Å². The third-order valence-electron chi connectivity index (χ3n) is 3.73. The Morgan fingerprint density at radius 1 is 1.12 bits per heavy atom. The summed E-state index contributed by atoms with van der Waals surface area (Å²) in [6, 6.07) is 11.8. The Hall–Kier alpha value is -2.77. The summed E-state index contributed by atoms with van der Waals surface area (Å²) in [5, 5.41) is 7.45. The first kappa shape index (κ1) is 16.7. The molecule has 0 unspecified atom stereocenters. The lowest BCUT2D eigenvalue weighted by atomic mass is 10.1. The number of halogens is 1. The lowest BCUT2D eigenvalue weighted by Gasteiger charge is -2.09. The van der Waals surface area contributed by atoms with Crippen LogP contribution in [0.4, 0.5) is 5.69 Å². The number of thiazole rings is 1. The average Bonchev–Trinajstić information content (AvgIpc) is 3.31. The molecule has 3 heterocycles. The highest BCUT2D eigenvalue weighted by molar-refractivity contribution is 7.15. The van der Waals surface area contributed by atoms with Gasteiger partial charge < -0.3 is 9.84 Å². The highest BCUT2D eigenvalue weighted by Gasteiger charge is 2.11. The fourth-order valence-electron chi connectivity index (χ4n) is 2.50. The molecule has 0 saturated heterocycles. The lowest BCUT2D eigenvalue weighted by Crippen LogP contribution is -2.02. The van der Waals surface area contributed by atoms with Crippen molar-refractivity contribution in [3.8, 4) is 11.4 Å². The van der Waals surface area contributed by atoms with Crippen LogP contribution in [0.2, 0.25) is 4.47 Å². The van der Waals surface area contributed by atoms with E-state index in [2.05, 4.69) is 25.4 Å². The molecule has 8 heteroatoms. The zero-order chi connectivity index (χ0) is 17.8. The molecule has 4 aromatic rings. The number of benzene rings is 1. The topological polar surface area (TPSA) is 76.7 Å². The minimum Gasteiger partial charge on any atom is -0.380 e. The van der Waals surface area contributed by atoms with Crippen LogP contribution in [0.3, 0.4) is 0 Å². The molecule has 130 valence electrons. The van der Waals surface area contributed by atoms with Crippen molar-refractivity contribution in [3.63, 3.8) is 0 Å². The fourth-order valence-corrected chi connectivity index (χ4v) is 3.41. The summed E-state index contributed by atoms with van der Waals surface area (Å²) in [7, 11) is 0. The zero-order valence-electron chi connectivity index (χ0n) is 13.6. The summed E-state index contributed by atoms with van der Waals surface area (Å²) >= 11 is 7.34. The van der Waals surface area contributed by atoms with Crippen LogP contribution < -0.4 is 5.32 Å². The van der Waals surface area contributed by atoms with Gasteiger partial charge in [0.15, 0.2) is 4.47 Å². The first-order chi connectivity index (χ1) is 12.8. The van der Waals surface area contributed by atoms with Crippen molar-refractivity contribution >= 4 is 28.6 Å². The molecule has 26 heavy (non-hydrogen) atoms. The Bertz CT molecular complexity index is 1000. The van der Waals surface area contributed by atoms with Crippen molar-refractivity contribution in [2.45, 2.75) is 13.0 Å². The Kier molecular flexibility index (Phi) is 4.90. The molecule has 1 aromatic carbocycles. The lowest BCUT2D eigenvalue weighted by molar-refractivity contribution is 0.386. The molecule has 0 aliphatic carbocycles. The van der Waals surface area contributed by atoms with Crippen LogP contribution in [0.15, 0.2) is 59.5 Å². The Labute approximate surface area is 158 Å². The minimum absolute atomic E-state index is 0.540. The molecule has 0 aliphatic heterocycles. The molecule has 0 atom stereocenters. The molecule has 0 saturated carbocycles. The molecule has 0 amide bonds. The summed E-state index contributed by atoms with van der Waals surface area (Å²) in [5.74, 6) is 1.09. The monoisotopic (exact) mass is 383 g/mol. The molecule has 0 fully saturated rings. The van der Waals surface area contributed by atoms with Crippen LogP contribution in [-0.2, 0) is 13.0 Å². The molecule has 0 spiro atoms. The predicted octanol–water partition coefficient (Wildman–Crippen LogP) is 4.44. The summed E-state index contributed by atoms with van der Waals surface area (Å²) < 4.78 is 5.95. The number of nitrogens with zero attached hydrogens (tertiary/aromatic N) is 4. The van der Waals surface area contributed by atoms with E-state index in [0.717, 1.165) is 21.7 Å². The number of pyridine rings is 1. The van der Waals surface area contributed by atoms with Crippen molar-refractivity contribution in [3.05, 3.63) is 75.8 Å². The third kappa shape index (κ3) is 3.89. The number of hydrogen-bond donors (Lipinski definition) is 1. The SMILES string of the molecule is Clc1ncc(CNc2ccccc2Cc2nc(-c3cccnc3)no2)s1. The number of nitrogens with one attached hydrogen (secondary N) is 1. The Morgan fingerprint density at radius 3 is 2.85 bits per heavy atom. The van der Waals surface area contributed by atoms with Crippen LogP contribution in [0.5, 0.6) is 0 Å². The summed E-state index contributed by atoms with van der Waals surface area (Å²) in [6.45, 7) is 0.659. The van der Waals surface area contributed by atoms with E-state index in [1.54, 1.807) is 18.6 Å². The van der Waals surface area contributed by atoms with Gasteiger partial charge in [0.25, 0.3) is 0 Å². The summed E-state index contributed by atoms with van der Waals surface area (Å²) in [5.41, 5.74) is 2.92. The van der Waals surface area contributed by atoms with Crippen LogP contribution >= 0.6 is 22.9 Å². The number of hydrogen-bond acceptors (Lipinski definition) is 7. The zero-order valence-corrected chi connectivity index (χ0v) is 15.2. The number of rotatable bonds is 6. The van der Waals surface area contributed by atoms with Gasteiger partial charge in [0.2, 0.25) is 11.7 Å². The first-order valence-electron chi connectivity index (χ1n) is 7.93. The average molecular weight is 384 g/mol. The van der Waals surface area contributed by atoms with E-state index in [0.29, 0.717) is 29.1 Å². The third-order valence-corrected chi connectivity index (χ3v) is 4.84. The van der Waals surface area contributed by atoms with Crippen molar-refractivity contribution in [2.75, 3.05) is 5.32 Å². The van der Waals surface area contributed by atoms with E-state index in [-0.39, 0.29) is 0 Å². The van der Waals surface area contributed by atoms with Gasteiger partial charge in [-0.25, -0.2) is 4.98 Å². The van der Waals surface area contributed by atoms with Gasteiger partial charge in [-0.1, -0.05) is 35.0 Å². The Balaban J connectivity index is 1.49. The van der Waals surface area contributed by atoms with Crippen molar-refractivity contribution < 1.29 is 4.52 Å². The second kappa shape index (κ2) is 7.63. The number of para-hydroxylation sites is 1. The Morgan fingerprint density at radius 2 is 2.04 bits per heavy atom. The minimum atomic E-state index is 0.540. The van der Waals surface area contributed by atoms with Gasteiger partial charge in [0.05, 0.1) is 13.0 Å². The van der Waals surface area contributed by atoms with Crippen LogP contribution in [-0.4, -0.2) is 20.1 Å². The van der Waals surface area contributed by atoms with Crippen molar-refractivity contribution in [2.24, 2.45) is 0 Å². The second-order valence-corrected chi connectivity index (χ2v) is 7.22. The van der Waals surface area contributed by atoms with E-state index in [1.165, 1.54) is 11.3 Å². The standard InChI is InChI=1S/C18H14ClN5OS/c19-18-22-11-14(26-18)10-21-15-6-2-1-4-12(15)8-16-23-17(24-25-16)13-5-3-7-20-9-13/h1-7,9,11,21H,8,10H2. The van der Waals surface area contributed by atoms with E-state index >= 15 is 0 Å². The summed E-state index contributed by atoms with van der Waals surface area (Å²) in [4.78, 5) is 13.7. The first-order valence-corrected chi connectivity index (χ1v) is 9.12. The molecule has 1 N–H and O–H groups in total. The second-order valence-electron chi connectivity index (χ2n) is 5.52. The van der Waals surface area contributed by atoms with Gasteiger partial charge >= 0.3 is 0 Å².